The third-order valence-corrected chi connectivity index (χ3v) is 4.90. The molecule has 0 bridgehead atoms. The zero-order chi connectivity index (χ0) is 18.8. The molecule has 130 valence electrons. The topological polar surface area (TPSA) is 88.5 Å². The van der Waals surface area contributed by atoms with E-state index in [9.17, 15) is 23.1 Å². The average molecular weight is 379 g/mol. The van der Waals surface area contributed by atoms with Crippen molar-refractivity contribution in [3.8, 4) is 0 Å². The van der Waals surface area contributed by atoms with Crippen LogP contribution in [0.15, 0.2) is 53.4 Å². The van der Waals surface area contributed by atoms with Gasteiger partial charge in [-0.05, 0) is 42.3 Å². The molecule has 0 saturated heterocycles. The first-order chi connectivity index (χ1) is 11.6. The maximum atomic E-state index is 12.1. The first-order valence-corrected chi connectivity index (χ1v) is 9.43. The minimum atomic E-state index is -3.39. The van der Waals surface area contributed by atoms with Gasteiger partial charge in [0.05, 0.1) is 10.5 Å². The van der Waals surface area contributed by atoms with Crippen LogP contribution < -0.4 is 0 Å². The summed E-state index contributed by atoms with van der Waals surface area (Å²) in [7, 11) is -3.39. The van der Waals surface area contributed by atoms with Crippen molar-refractivity contribution in [2.75, 3.05) is 6.26 Å². The minimum Gasteiger partial charge on any atom is -0.478 e. The van der Waals surface area contributed by atoms with Crippen molar-refractivity contribution >= 4 is 44.3 Å². The lowest BCUT2D eigenvalue weighted by atomic mass is 9.92. The van der Waals surface area contributed by atoms with E-state index in [1.807, 2.05) is 0 Å². The number of rotatable bonds is 5. The Balaban J connectivity index is 2.71. The summed E-state index contributed by atoms with van der Waals surface area (Å²) in [5.74, 6) is -1.71. The number of benzene rings is 2. The molecule has 0 heterocycles. The fourth-order valence-corrected chi connectivity index (χ4v) is 3.14. The highest BCUT2D eigenvalue weighted by molar-refractivity contribution is 7.90. The molecule has 0 aromatic heterocycles. The lowest BCUT2D eigenvalue weighted by Crippen LogP contribution is -2.09. The number of Topliss-reactive ketones (excluding diaryl/α,β-unsaturated/α-hetero) is 1. The molecule has 25 heavy (non-hydrogen) atoms. The van der Waals surface area contributed by atoms with Crippen molar-refractivity contribution in [1.29, 1.82) is 0 Å². The normalized spacial score (nSPS) is 12.4. The van der Waals surface area contributed by atoms with Crippen LogP contribution in [0, 0.1) is 0 Å². The summed E-state index contributed by atoms with van der Waals surface area (Å²) in [6.07, 6.45) is 1.07. The molecule has 0 aliphatic carbocycles. The van der Waals surface area contributed by atoms with E-state index in [4.69, 9.17) is 11.6 Å². The first-order valence-electron chi connectivity index (χ1n) is 7.16. The maximum Gasteiger partial charge on any atom is 0.337 e. The Morgan fingerprint density at radius 2 is 1.32 bits per heavy atom. The van der Waals surface area contributed by atoms with Crippen molar-refractivity contribution < 1.29 is 23.1 Å². The molecule has 0 aliphatic rings. The Morgan fingerprint density at radius 3 is 1.72 bits per heavy atom. The number of hydrogen-bond acceptors (Lipinski definition) is 4. The Hall–Kier alpha value is -2.44. The predicted octanol–water partition coefficient (Wildman–Crippen LogP) is 3.33. The SMILES string of the molecule is CC(=O)/C(=C(/C(=O)O)c1ccc(Cl)cc1)c1ccc(S(C)(=O)=O)cc1. The van der Waals surface area contributed by atoms with Gasteiger partial charge in [-0.25, -0.2) is 13.2 Å². The molecular weight excluding hydrogens is 364 g/mol. The lowest BCUT2D eigenvalue weighted by Gasteiger charge is -2.11. The van der Waals surface area contributed by atoms with E-state index < -0.39 is 21.6 Å². The molecule has 0 fully saturated rings. The third kappa shape index (κ3) is 4.35. The van der Waals surface area contributed by atoms with Gasteiger partial charge in [-0.3, -0.25) is 4.79 Å². The summed E-state index contributed by atoms with van der Waals surface area (Å²) >= 11 is 5.83. The number of ketones is 1. The second-order valence-electron chi connectivity index (χ2n) is 5.41. The van der Waals surface area contributed by atoms with Gasteiger partial charge >= 0.3 is 5.97 Å². The predicted molar refractivity (Wildman–Crippen MR) is 96.1 cm³/mol. The zero-order valence-corrected chi connectivity index (χ0v) is 15.1. The van der Waals surface area contributed by atoms with Gasteiger partial charge in [0.2, 0.25) is 0 Å². The molecule has 5 nitrogen and oxygen atoms in total. The van der Waals surface area contributed by atoms with Crippen LogP contribution in [0.1, 0.15) is 18.1 Å². The molecule has 0 spiro atoms. The van der Waals surface area contributed by atoms with Crippen LogP contribution in [0.3, 0.4) is 0 Å². The molecule has 0 atom stereocenters. The number of allylic oxidation sites excluding steroid dienone is 1. The number of hydrogen-bond donors (Lipinski definition) is 1. The van der Waals surface area contributed by atoms with Crippen molar-refractivity contribution in [2.45, 2.75) is 11.8 Å². The summed E-state index contributed by atoms with van der Waals surface area (Å²) < 4.78 is 23.1. The minimum absolute atomic E-state index is 0.00475. The smallest absolute Gasteiger partial charge is 0.337 e. The van der Waals surface area contributed by atoms with E-state index in [0.29, 0.717) is 16.1 Å². The Labute approximate surface area is 150 Å². The molecule has 0 saturated carbocycles. The van der Waals surface area contributed by atoms with Gasteiger partial charge in [0.1, 0.15) is 0 Å². The van der Waals surface area contributed by atoms with Gasteiger partial charge in [-0.1, -0.05) is 35.9 Å². The number of carbonyl (C=O) groups is 2. The largest absolute Gasteiger partial charge is 0.478 e. The monoisotopic (exact) mass is 378 g/mol. The summed E-state index contributed by atoms with van der Waals surface area (Å²) in [6, 6.07) is 11.6. The summed E-state index contributed by atoms with van der Waals surface area (Å²) in [6.45, 7) is 1.26. The number of carbonyl (C=O) groups excluding carboxylic acids is 1. The molecule has 2 aromatic carbocycles. The Bertz CT molecular complexity index is 956. The zero-order valence-electron chi connectivity index (χ0n) is 13.5. The molecule has 0 aliphatic heterocycles. The van der Waals surface area contributed by atoms with Crippen molar-refractivity contribution in [3.05, 3.63) is 64.7 Å². The van der Waals surface area contributed by atoms with E-state index in [1.54, 1.807) is 0 Å². The number of sulfone groups is 1. The van der Waals surface area contributed by atoms with Crippen LogP contribution in [0.2, 0.25) is 5.02 Å². The molecule has 0 radical (unpaired) electrons. The van der Waals surface area contributed by atoms with Crippen LogP contribution in [0.4, 0.5) is 0 Å². The fraction of sp³-hybridized carbons (Fsp3) is 0.111. The van der Waals surface area contributed by atoms with Crippen LogP contribution in [-0.4, -0.2) is 31.5 Å². The lowest BCUT2D eigenvalue weighted by molar-refractivity contribution is -0.130. The van der Waals surface area contributed by atoms with Crippen molar-refractivity contribution in [1.82, 2.24) is 0 Å². The Morgan fingerprint density at radius 1 is 0.880 bits per heavy atom. The number of aliphatic carboxylic acids is 1. The maximum absolute atomic E-state index is 12.1. The second kappa shape index (κ2) is 7.21. The Kier molecular flexibility index (Phi) is 5.45. The highest BCUT2D eigenvalue weighted by Gasteiger charge is 2.22. The number of carboxylic acids is 1. The van der Waals surface area contributed by atoms with Gasteiger partial charge in [0.25, 0.3) is 0 Å². The highest BCUT2D eigenvalue weighted by Crippen LogP contribution is 2.29. The summed E-state index contributed by atoms with van der Waals surface area (Å²) in [4.78, 5) is 24.0. The summed E-state index contributed by atoms with van der Waals surface area (Å²) in [5.41, 5.74) is 0.479. The summed E-state index contributed by atoms with van der Waals surface area (Å²) in [5, 5.41) is 10.1. The molecular formula is C18H15ClO5S. The van der Waals surface area contributed by atoms with Crippen molar-refractivity contribution in [3.63, 3.8) is 0 Å². The van der Waals surface area contributed by atoms with E-state index in [0.717, 1.165) is 6.26 Å². The third-order valence-electron chi connectivity index (χ3n) is 3.52. The van der Waals surface area contributed by atoms with Gasteiger partial charge in [-0.15, -0.1) is 0 Å². The van der Waals surface area contributed by atoms with Crippen LogP contribution in [0.25, 0.3) is 11.1 Å². The van der Waals surface area contributed by atoms with Crippen LogP contribution >= 0.6 is 11.6 Å². The van der Waals surface area contributed by atoms with Gasteiger partial charge < -0.3 is 5.11 Å². The molecule has 0 amide bonds. The molecule has 7 heteroatoms. The van der Waals surface area contributed by atoms with Gasteiger partial charge in [0.15, 0.2) is 15.6 Å². The number of halogens is 1. The molecule has 1 N–H and O–H groups in total. The molecule has 2 rings (SSSR count). The average Bonchev–Trinajstić information content (AvgIpc) is 2.52. The second-order valence-corrected chi connectivity index (χ2v) is 7.87. The van der Waals surface area contributed by atoms with Crippen molar-refractivity contribution in [2.24, 2.45) is 0 Å². The molecule has 0 unspecified atom stereocenters. The van der Waals surface area contributed by atoms with Gasteiger partial charge in [0, 0.05) is 16.9 Å². The fourth-order valence-electron chi connectivity index (χ4n) is 2.38. The van der Waals surface area contributed by atoms with E-state index in [1.165, 1.54) is 55.5 Å². The standard InChI is InChI=1S/C18H15ClO5S/c1-11(20)16(12-5-9-15(10-6-12)25(2,23)24)17(18(21)22)13-3-7-14(19)8-4-13/h3-10H,1-2H3,(H,21,22)/b17-16-. The van der Waals surface area contributed by atoms with Gasteiger partial charge in [-0.2, -0.15) is 0 Å². The van der Waals surface area contributed by atoms with E-state index in [-0.39, 0.29) is 16.0 Å². The first kappa shape index (κ1) is 18.9. The van der Waals surface area contributed by atoms with Crippen LogP contribution in [0.5, 0.6) is 0 Å². The quantitative estimate of drug-likeness (QED) is 0.636. The molecule has 2 aromatic rings. The van der Waals surface area contributed by atoms with E-state index in [2.05, 4.69) is 0 Å². The van der Waals surface area contributed by atoms with Crippen LogP contribution in [-0.2, 0) is 19.4 Å². The van der Waals surface area contributed by atoms with E-state index >= 15 is 0 Å². The highest BCUT2D eigenvalue weighted by atomic mass is 35.5. The number of carboxylic acid groups (broad SMARTS) is 1.